The Bertz CT molecular complexity index is 1210. The lowest BCUT2D eigenvalue weighted by atomic mass is 10.2. The maximum absolute atomic E-state index is 13.2. The summed E-state index contributed by atoms with van der Waals surface area (Å²) in [5.74, 6) is -0.677. The number of nitrogens with zero attached hydrogens (tertiary/aromatic N) is 3. The normalized spacial score (nSPS) is 16.5. The Morgan fingerprint density at radius 3 is 2.41 bits per heavy atom. The number of hydrogen-bond donors (Lipinski definition) is 1. The highest BCUT2D eigenvalue weighted by atomic mass is 79.9. The number of benzene rings is 2. The van der Waals surface area contributed by atoms with Gasteiger partial charge in [-0.3, -0.25) is 19.4 Å². The first-order valence-corrected chi connectivity index (χ1v) is 15.3. The number of nitrogens with one attached hydrogen (secondary N) is 1. The molecule has 2 aliphatic heterocycles. The molecular weight excluding hydrogens is 556 g/mol. The lowest BCUT2D eigenvalue weighted by molar-refractivity contribution is -0.121. The fourth-order valence-corrected chi connectivity index (χ4v) is 7.11. The van der Waals surface area contributed by atoms with E-state index in [1.165, 1.54) is 5.56 Å². The second kappa shape index (κ2) is 12.5. The van der Waals surface area contributed by atoms with Crippen molar-refractivity contribution in [2.45, 2.75) is 37.6 Å². The molecule has 4 rings (SSSR count). The summed E-state index contributed by atoms with van der Waals surface area (Å²) in [7, 11) is -3.76. The zero-order valence-electron chi connectivity index (χ0n) is 21.3. The average Bonchev–Trinajstić information content (AvgIpc) is 3.32. The average molecular weight is 592 g/mol. The van der Waals surface area contributed by atoms with Crippen LogP contribution in [0.1, 0.15) is 30.9 Å². The minimum atomic E-state index is -3.76. The topological polar surface area (TPSA) is 90.0 Å². The highest BCUT2D eigenvalue weighted by molar-refractivity contribution is 9.10. The lowest BCUT2D eigenvalue weighted by Crippen LogP contribution is -2.48. The van der Waals surface area contributed by atoms with Gasteiger partial charge < -0.3 is 10.2 Å². The molecule has 0 aromatic heterocycles. The monoisotopic (exact) mass is 590 g/mol. The van der Waals surface area contributed by atoms with E-state index in [1.807, 2.05) is 12.1 Å². The molecule has 0 radical (unpaired) electrons. The molecule has 2 amide bonds. The third-order valence-electron chi connectivity index (χ3n) is 6.99. The summed E-state index contributed by atoms with van der Waals surface area (Å²) in [6, 6.07) is 13.9. The summed E-state index contributed by atoms with van der Waals surface area (Å²) in [6.45, 7) is 8.27. The van der Waals surface area contributed by atoms with Crippen LogP contribution in [0.2, 0.25) is 0 Å². The van der Waals surface area contributed by atoms with Crippen molar-refractivity contribution in [3.63, 3.8) is 0 Å². The molecule has 1 N–H and O–H groups in total. The number of carbonyl (C=O) groups is 2. The van der Waals surface area contributed by atoms with E-state index >= 15 is 0 Å². The Kier molecular flexibility index (Phi) is 9.39. The number of piperazine rings is 1. The molecule has 0 saturated carbocycles. The van der Waals surface area contributed by atoms with Gasteiger partial charge in [0, 0.05) is 69.7 Å². The van der Waals surface area contributed by atoms with Crippen LogP contribution in [0, 0.1) is 0 Å². The van der Waals surface area contributed by atoms with E-state index in [-0.39, 0.29) is 28.9 Å². The largest absolute Gasteiger partial charge is 0.355 e. The number of sulfone groups is 1. The second-order valence-corrected chi connectivity index (χ2v) is 12.6. The Morgan fingerprint density at radius 2 is 1.70 bits per heavy atom. The van der Waals surface area contributed by atoms with E-state index < -0.39 is 9.84 Å². The summed E-state index contributed by atoms with van der Waals surface area (Å²) in [4.78, 5) is 31.3. The van der Waals surface area contributed by atoms with Gasteiger partial charge in [-0.25, -0.2) is 8.42 Å². The Balaban J connectivity index is 1.24. The molecule has 0 unspecified atom stereocenters. The highest BCUT2D eigenvalue weighted by Crippen LogP contribution is 2.38. The molecular formula is C27H35BrN4O4S. The van der Waals surface area contributed by atoms with Crippen LogP contribution < -0.4 is 10.2 Å². The molecule has 8 nitrogen and oxygen atoms in total. The number of fused-ring (bicyclic) bond motifs is 1. The maximum Gasteiger partial charge on any atom is 0.226 e. The summed E-state index contributed by atoms with van der Waals surface area (Å²) in [5, 5.41) is 2.87. The first kappa shape index (κ1) is 27.8. The predicted octanol–water partition coefficient (Wildman–Crippen LogP) is 2.85. The van der Waals surface area contributed by atoms with E-state index in [0.717, 1.165) is 44.8 Å². The zero-order chi connectivity index (χ0) is 26.4. The van der Waals surface area contributed by atoms with Crippen LogP contribution in [0.15, 0.2) is 51.8 Å². The first-order chi connectivity index (χ1) is 17.8. The van der Waals surface area contributed by atoms with Crippen molar-refractivity contribution >= 4 is 43.3 Å². The zero-order valence-corrected chi connectivity index (χ0v) is 23.7. The first-order valence-electron chi connectivity index (χ1n) is 12.9. The third-order valence-corrected chi connectivity index (χ3v) is 9.17. The molecule has 0 spiro atoms. The van der Waals surface area contributed by atoms with E-state index in [1.54, 1.807) is 17.9 Å². The molecule has 0 atom stereocenters. The van der Waals surface area contributed by atoms with Gasteiger partial charge in [0.05, 0.1) is 16.3 Å². The van der Waals surface area contributed by atoms with Gasteiger partial charge in [-0.05, 0) is 29.7 Å². The van der Waals surface area contributed by atoms with E-state index in [9.17, 15) is 18.0 Å². The molecule has 0 aliphatic carbocycles. The van der Waals surface area contributed by atoms with Crippen LogP contribution in [0.4, 0.5) is 5.69 Å². The van der Waals surface area contributed by atoms with Crippen molar-refractivity contribution in [1.82, 2.24) is 15.1 Å². The van der Waals surface area contributed by atoms with Gasteiger partial charge in [-0.15, -0.1) is 0 Å². The van der Waals surface area contributed by atoms with Gasteiger partial charge in [0.1, 0.15) is 0 Å². The lowest BCUT2D eigenvalue weighted by Gasteiger charge is -2.34. The second-order valence-electron chi connectivity index (χ2n) is 9.58. The number of rotatable bonds is 10. The van der Waals surface area contributed by atoms with Crippen LogP contribution in [0.3, 0.4) is 0 Å². The van der Waals surface area contributed by atoms with Crippen molar-refractivity contribution < 1.29 is 18.0 Å². The Labute approximate surface area is 228 Å². The van der Waals surface area contributed by atoms with Gasteiger partial charge in [0.15, 0.2) is 9.84 Å². The van der Waals surface area contributed by atoms with Gasteiger partial charge in [0.2, 0.25) is 11.8 Å². The number of halogens is 1. The molecule has 2 heterocycles. The van der Waals surface area contributed by atoms with E-state index in [0.29, 0.717) is 36.1 Å². The van der Waals surface area contributed by atoms with Crippen molar-refractivity contribution in [3.05, 3.63) is 58.1 Å². The van der Waals surface area contributed by atoms with Crippen molar-refractivity contribution in [2.24, 2.45) is 0 Å². The number of amides is 2. The maximum atomic E-state index is 13.2. The van der Waals surface area contributed by atoms with Crippen LogP contribution in [0.5, 0.6) is 0 Å². The van der Waals surface area contributed by atoms with Crippen molar-refractivity contribution in [2.75, 3.05) is 56.5 Å². The predicted molar refractivity (Wildman–Crippen MR) is 148 cm³/mol. The molecule has 2 aromatic rings. The van der Waals surface area contributed by atoms with E-state index in [4.69, 9.17) is 0 Å². The quantitative estimate of drug-likeness (QED) is 0.457. The van der Waals surface area contributed by atoms with Gasteiger partial charge in [0.25, 0.3) is 0 Å². The van der Waals surface area contributed by atoms with Crippen LogP contribution >= 0.6 is 15.9 Å². The fourth-order valence-electron chi connectivity index (χ4n) is 4.94. The van der Waals surface area contributed by atoms with Crippen molar-refractivity contribution in [1.29, 1.82) is 0 Å². The minimum Gasteiger partial charge on any atom is -0.355 e. The standard InChI is InChI=1S/C27H35BrN4O4S/c1-2-26(34)32-11-8-22-18-23(28)19-24(27(22)32)37(35,36)17-9-25(33)29-10-12-30-13-15-31(16-14-30)20-21-6-4-3-5-7-21/h3-7,18-19H,2,8-17,20H2,1H3,(H,29,33). The van der Waals surface area contributed by atoms with Crippen LogP contribution in [-0.4, -0.2) is 81.6 Å². The van der Waals surface area contributed by atoms with Gasteiger partial charge in [-0.2, -0.15) is 0 Å². The van der Waals surface area contributed by atoms with Crippen molar-refractivity contribution in [3.8, 4) is 0 Å². The molecule has 200 valence electrons. The number of hydrogen-bond acceptors (Lipinski definition) is 6. The smallest absolute Gasteiger partial charge is 0.226 e. The Morgan fingerprint density at radius 1 is 1.00 bits per heavy atom. The molecule has 1 saturated heterocycles. The summed E-state index contributed by atoms with van der Waals surface area (Å²) in [6.07, 6.45) is 0.805. The number of anilines is 1. The minimum absolute atomic E-state index is 0.101. The molecule has 2 aliphatic rings. The van der Waals surface area contributed by atoms with Gasteiger partial charge in [-0.1, -0.05) is 53.2 Å². The summed E-state index contributed by atoms with van der Waals surface area (Å²) >= 11 is 3.40. The number of carbonyl (C=O) groups excluding carboxylic acids is 2. The van der Waals surface area contributed by atoms with Gasteiger partial charge >= 0.3 is 0 Å². The van der Waals surface area contributed by atoms with E-state index in [2.05, 4.69) is 55.3 Å². The fraction of sp³-hybridized carbons (Fsp3) is 0.481. The highest BCUT2D eigenvalue weighted by Gasteiger charge is 2.32. The molecule has 0 bridgehead atoms. The summed E-state index contributed by atoms with van der Waals surface area (Å²) < 4.78 is 27.1. The third kappa shape index (κ3) is 7.19. The molecule has 2 aromatic carbocycles. The summed E-state index contributed by atoms with van der Waals surface area (Å²) in [5.41, 5.74) is 2.63. The molecule has 1 fully saturated rings. The Hall–Kier alpha value is -2.27. The molecule has 37 heavy (non-hydrogen) atoms. The van der Waals surface area contributed by atoms with Crippen LogP contribution in [-0.2, 0) is 32.4 Å². The molecule has 10 heteroatoms. The van der Waals surface area contributed by atoms with Crippen LogP contribution in [0.25, 0.3) is 0 Å². The SMILES string of the molecule is CCC(=O)N1CCc2cc(Br)cc(S(=O)(=O)CCC(=O)NCCN3CCN(Cc4ccccc4)CC3)c21.